The van der Waals surface area contributed by atoms with Crippen LogP contribution in [0.15, 0.2) is 40.0 Å². The zero-order valence-electron chi connectivity index (χ0n) is 12.1. The van der Waals surface area contributed by atoms with E-state index in [-0.39, 0.29) is 17.1 Å². The standard InChI is InChI=1S/C14H13IN.C5H5.Fe/c15-13(10-12-6-4-5-7-12)11-16-14-8-2-1-3-9-14;1-2-4-5-3-1;/h1-10,16H,11H2;1-5H;/q;;+2/b13-10-;;. The van der Waals surface area contributed by atoms with Crippen LogP contribution in [-0.4, -0.2) is 6.54 Å². The van der Waals surface area contributed by atoms with E-state index in [9.17, 15) is 0 Å². The van der Waals surface area contributed by atoms with E-state index in [1.807, 2.05) is 50.3 Å². The summed E-state index contributed by atoms with van der Waals surface area (Å²) >= 11 is 2.37. The average molecular weight is 443 g/mol. The maximum absolute atomic E-state index is 3.38. The van der Waals surface area contributed by atoms with Gasteiger partial charge in [-0.25, -0.2) is 0 Å². The van der Waals surface area contributed by atoms with Crippen molar-refractivity contribution in [1.29, 1.82) is 0 Å². The molecule has 2 aliphatic rings. The Kier molecular flexibility index (Phi) is 11.3. The van der Waals surface area contributed by atoms with Crippen LogP contribution in [0.5, 0.6) is 0 Å². The number of allylic oxidation sites excluding steroid dienone is 1. The molecule has 112 valence electrons. The summed E-state index contributed by atoms with van der Waals surface area (Å²) in [5, 5.41) is 3.38. The van der Waals surface area contributed by atoms with Crippen LogP contribution in [0.4, 0.5) is 5.69 Å². The molecule has 1 N–H and O–H groups in total. The van der Waals surface area contributed by atoms with Crippen molar-refractivity contribution in [2.75, 3.05) is 11.9 Å². The number of rotatable bonds is 4. The predicted octanol–water partition coefficient (Wildman–Crippen LogP) is 4.84. The fourth-order valence-electron chi connectivity index (χ4n) is 1.78. The Labute approximate surface area is 160 Å². The second-order valence-electron chi connectivity index (χ2n) is 4.49. The van der Waals surface area contributed by atoms with Crippen LogP contribution >= 0.6 is 22.6 Å². The van der Waals surface area contributed by atoms with Crippen molar-refractivity contribution in [1.82, 2.24) is 0 Å². The summed E-state index contributed by atoms with van der Waals surface area (Å²) < 4.78 is 1.30. The van der Waals surface area contributed by atoms with Gasteiger partial charge in [-0.15, -0.1) is 0 Å². The van der Waals surface area contributed by atoms with E-state index in [2.05, 4.69) is 71.8 Å². The van der Waals surface area contributed by atoms with Crippen LogP contribution < -0.4 is 5.32 Å². The minimum absolute atomic E-state index is 0. The summed E-state index contributed by atoms with van der Waals surface area (Å²) in [6, 6.07) is 10.3. The fraction of sp³-hybridized carbons (Fsp3) is 0.0526. The molecular weight excluding hydrogens is 425 g/mol. The minimum Gasteiger partial charge on any atom is -0.381 e. The number of benzene rings is 1. The molecular formula is C19H18FeIN+2. The molecule has 2 aliphatic carbocycles. The third-order valence-electron chi connectivity index (χ3n) is 2.80. The van der Waals surface area contributed by atoms with Gasteiger partial charge in [-0.3, -0.25) is 0 Å². The van der Waals surface area contributed by atoms with Crippen LogP contribution in [-0.2, 0) is 17.1 Å². The second-order valence-corrected chi connectivity index (χ2v) is 5.88. The van der Waals surface area contributed by atoms with Gasteiger partial charge in [0.2, 0.25) is 0 Å². The molecule has 3 rings (SSSR count). The number of hydrogen-bond acceptors (Lipinski definition) is 1. The smallest absolute Gasteiger partial charge is 0.381 e. The molecule has 22 heavy (non-hydrogen) atoms. The van der Waals surface area contributed by atoms with Crippen molar-refractivity contribution < 1.29 is 17.1 Å². The summed E-state index contributed by atoms with van der Waals surface area (Å²) in [7, 11) is 0. The first kappa shape index (κ1) is 20.1. The first-order chi connectivity index (χ1) is 10.3. The summed E-state index contributed by atoms with van der Waals surface area (Å²) in [6.45, 7) is 0.871. The maximum Gasteiger partial charge on any atom is 2.00 e. The van der Waals surface area contributed by atoms with Crippen LogP contribution in [0.2, 0.25) is 0 Å². The summed E-state index contributed by atoms with van der Waals surface area (Å²) in [4.78, 5) is 0. The molecule has 0 amide bonds. The Balaban J connectivity index is 0.000000344. The van der Waals surface area contributed by atoms with Crippen molar-refractivity contribution in [3.63, 3.8) is 0 Å². The zero-order valence-corrected chi connectivity index (χ0v) is 15.4. The largest absolute Gasteiger partial charge is 2.00 e. The third-order valence-corrected chi connectivity index (χ3v) is 3.50. The van der Waals surface area contributed by atoms with E-state index in [1.165, 1.54) is 9.50 Å². The van der Waals surface area contributed by atoms with Gasteiger partial charge in [-0.1, -0.05) is 24.3 Å². The molecule has 0 saturated heterocycles. The van der Waals surface area contributed by atoms with Crippen molar-refractivity contribution in [3.8, 4) is 0 Å². The molecule has 2 saturated carbocycles. The average Bonchev–Trinajstić information content (AvgIpc) is 3.22. The van der Waals surface area contributed by atoms with Gasteiger partial charge in [0, 0.05) is 21.7 Å². The quantitative estimate of drug-likeness (QED) is 0.519. The summed E-state index contributed by atoms with van der Waals surface area (Å²) in [5.74, 6) is 1.26. The Hall–Kier alpha value is 0.00948. The van der Waals surface area contributed by atoms with Gasteiger partial charge in [0.15, 0.2) is 0 Å². The molecule has 1 nitrogen and oxygen atoms in total. The fourth-order valence-corrected chi connectivity index (χ4v) is 2.33. The second kappa shape index (κ2) is 12.4. The summed E-state index contributed by atoms with van der Waals surface area (Å²) in [6.07, 6.45) is 20.5. The number of nitrogens with one attached hydrogen (secondary N) is 1. The molecule has 2 fully saturated rings. The molecule has 1 aromatic carbocycles. The molecule has 0 aromatic heterocycles. The molecule has 1 aromatic rings. The molecule has 0 unspecified atom stereocenters. The predicted molar refractivity (Wildman–Crippen MR) is 99.0 cm³/mol. The van der Waals surface area contributed by atoms with Crippen LogP contribution in [0, 0.1) is 63.7 Å². The van der Waals surface area contributed by atoms with E-state index in [0.29, 0.717) is 0 Å². The molecule has 0 spiro atoms. The van der Waals surface area contributed by atoms with Gasteiger partial charge in [-0.05, 0) is 92.5 Å². The van der Waals surface area contributed by atoms with E-state index in [1.54, 1.807) is 0 Å². The van der Waals surface area contributed by atoms with Gasteiger partial charge < -0.3 is 5.32 Å². The van der Waals surface area contributed by atoms with Gasteiger partial charge in [0.25, 0.3) is 0 Å². The molecule has 0 aliphatic heterocycles. The molecule has 0 atom stereocenters. The number of para-hydroxylation sites is 1. The maximum atomic E-state index is 3.38. The van der Waals surface area contributed by atoms with Crippen LogP contribution in [0.25, 0.3) is 0 Å². The van der Waals surface area contributed by atoms with Crippen molar-refractivity contribution >= 4 is 28.3 Å². The number of hydrogen-bond donors (Lipinski definition) is 1. The van der Waals surface area contributed by atoms with Gasteiger partial charge in [0.05, 0.1) is 0 Å². The Morgan fingerprint density at radius 2 is 1.41 bits per heavy atom. The molecule has 10 radical (unpaired) electrons. The van der Waals surface area contributed by atoms with Gasteiger partial charge in [0.1, 0.15) is 0 Å². The minimum atomic E-state index is 0. The van der Waals surface area contributed by atoms with Crippen molar-refractivity contribution in [2.24, 2.45) is 0 Å². The third kappa shape index (κ3) is 8.59. The topological polar surface area (TPSA) is 12.0 Å². The number of anilines is 1. The monoisotopic (exact) mass is 443 g/mol. The van der Waals surface area contributed by atoms with E-state index >= 15 is 0 Å². The Morgan fingerprint density at radius 3 is 1.95 bits per heavy atom. The Bertz CT molecular complexity index is 401. The van der Waals surface area contributed by atoms with E-state index in [0.717, 1.165) is 12.2 Å². The first-order valence-electron chi connectivity index (χ1n) is 6.88. The number of halogens is 1. The van der Waals surface area contributed by atoms with Crippen LogP contribution in [0.3, 0.4) is 0 Å². The normalized spacial score (nSPS) is 18.3. The van der Waals surface area contributed by atoms with Crippen molar-refractivity contribution in [3.05, 3.63) is 104 Å². The Morgan fingerprint density at radius 1 is 0.864 bits per heavy atom. The SMILES string of the molecule is I/C(=C\[C]1[CH][CH][CH][CH]1)CNc1ccccc1.[CH]1[CH][CH][CH][CH]1.[Fe+2]. The van der Waals surface area contributed by atoms with Gasteiger partial charge in [-0.2, -0.15) is 0 Å². The van der Waals surface area contributed by atoms with E-state index < -0.39 is 0 Å². The van der Waals surface area contributed by atoms with Crippen molar-refractivity contribution in [2.45, 2.75) is 0 Å². The van der Waals surface area contributed by atoms with Crippen LogP contribution in [0.1, 0.15) is 0 Å². The molecule has 0 bridgehead atoms. The van der Waals surface area contributed by atoms with Gasteiger partial charge >= 0.3 is 17.1 Å². The molecule has 3 heteroatoms. The van der Waals surface area contributed by atoms with E-state index in [4.69, 9.17) is 0 Å². The molecule has 0 heterocycles. The summed E-state index contributed by atoms with van der Waals surface area (Å²) in [5.41, 5.74) is 1.16. The first-order valence-corrected chi connectivity index (χ1v) is 7.96. The zero-order chi connectivity index (χ0) is 14.8.